The first-order valence-electron chi connectivity index (χ1n) is 14.5. The smallest absolute Gasteiger partial charge is 0.313 e. The van der Waals surface area contributed by atoms with Crippen molar-refractivity contribution in [2.75, 3.05) is 7.11 Å². The summed E-state index contributed by atoms with van der Waals surface area (Å²) >= 11 is 0. The van der Waals surface area contributed by atoms with Crippen LogP contribution < -0.4 is 0 Å². The summed E-state index contributed by atoms with van der Waals surface area (Å²) in [5.41, 5.74) is 1.03. The van der Waals surface area contributed by atoms with Gasteiger partial charge in [0.15, 0.2) is 16.6 Å². The Hall–Kier alpha value is -1.07. The highest BCUT2D eigenvalue weighted by atomic mass is 28.4. The van der Waals surface area contributed by atoms with Crippen molar-refractivity contribution < 1.29 is 27.9 Å². The van der Waals surface area contributed by atoms with E-state index in [-0.39, 0.29) is 52.7 Å². The molecular formula is C31H58O6Si2. The Balaban J connectivity index is 3.75. The number of methoxy groups -OCH3 is 1. The molecule has 1 aliphatic rings. The zero-order chi connectivity index (χ0) is 30.6. The molecule has 39 heavy (non-hydrogen) atoms. The molecule has 0 saturated heterocycles. The summed E-state index contributed by atoms with van der Waals surface area (Å²) in [4.78, 5) is 26.0. The molecule has 0 fully saturated rings. The molecule has 8 heteroatoms. The molecule has 0 aromatic rings. The number of carbonyl (C=O) groups is 2. The standard InChI is InChI=1S/C31H58O6Si2/c1-16-25-17-21(2)18-26(34-11)22(3)29(37-39(14,15)31(8,9)10)23(4)27(19-24(32)20-28(33)35-25)36-38(12,13)30(5,6)7/h16,18,22-23,25-27,29H,1,17,19-20H2,2-15H3/b21-18-/t22-,23-,25?,26?,27+,29-/m1/s1. The van der Waals surface area contributed by atoms with E-state index in [1.54, 1.807) is 13.2 Å². The van der Waals surface area contributed by atoms with Gasteiger partial charge < -0.3 is 18.3 Å². The van der Waals surface area contributed by atoms with E-state index >= 15 is 0 Å². The SMILES string of the molecule is C=CC1C/C(C)=C\C(OC)[C@@H](C)[C@@H](O[Si](C)(C)C(C)(C)C)[C@H](C)[C@@H](O[Si](C)(C)C(C)(C)C)CC(=O)CC(=O)O1. The Morgan fingerprint density at radius 3 is 1.90 bits per heavy atom. The van der Waals surface area contributed by atoms with Gasteiger partial charge in [0, 0.05) is 31.8 Å². The molecule has 6 atom stereocenters. The lowest BCUT2D eigenvalue weighted by Gasteiger charge is -2.47. The van der Waals surface area contributed by atoms with Gasteiger partial charge in [-0.15, -0.1) is 0 Å². The summed E-state index contributed by atoms with van der Waals surface area (Å²) in [6.07, 6.45) is 2.74. The molecule has 1 aliphatic heterocycles. The van der Waals surface area contributed by atoms with Gasteiger partial charge in [0.2, 0.25) is 0 Å². The summed E-state index contributed by atoms with van der Waals surface area (Å²) in [7, 11) is -2.74. The lowest BCUT2D eigenvalue weighted by atomic mass is 9.83. The number of hydrogen-bond donors (Lipinski definition) is 0. The molecule has 6 nitrogen and oxygen atoms in total. The summed E-state index contributed by atoms with van der Waals surface area (Å²) < 4.78 is 25.8. The van der Waals surface area contributed by atoms with Crippen LogP contribution >= 0.6 is 0 Å². The van der Waals surface area contributed by atoms with Crippen molar-refractivity contribution in [1.82, 2.24) is 0 Å². The van der Waals surface area contributed by atoms with Gasteiger partial charge in [0.25, 0.3) is 0 Å². The number of carbonyl (C=O) groups excluding carboxylic acids is 2. The minimum atomic E-state index is -2.26. The fourth-order valence-electron chi connectivity index (χ4n) is 4.44. The number of cyclic esters (lactones) is 1. The first-order chi connectivity index (χ1) is 17.6. The highest BCUT2D eigenvalue weighted by molar-refractivity contribution is 6.74. The van der Waals surface area contributed by atoms with Crippen molar-refractivity contribution in [2.24, 2.45) is 11.8 Å². The molecule has 1 rings (SSSR count). The Bertz CT molecular complexity index is 880. The molecule has 0 aromatic heterocycles. The second kappa shape index (κ2) is 13.7. The molecule has 0 radical (unpaired) electrons. The summed E-state index contributed by atoms with van der Waals surface area (Å²) in [5.74, 6) is -0.829. The number of esters is 1. The lowest BCUT2D eigenvalue weighted by molar-refractivity contribution is -0.149. The van der Waals surface area contributed by atoms with Crippen molar-refractivity contribution in [1.29, 1.82) is 0 Å². The molecule has 1 heterocycles. The maximum Gasteiger partial charge on any atom is 0.313 e. The van der Waals surface area contributed by atoms with Gasteiger partial charge in [-0.1, -0.05) is 79.7 Å². The van der Waals surface area contributed by atoms with Crippen LogP contribution in [0.5, 0.6) is 0 Å². The van der Waals surface area contributed by atoms with E-state index in [4.69, 9.17) is 18.3 Å². The van der Waals surface area contributed by atoms with E-state index in [0.717, 1.165) is 5.57 Å². The minimum Gasteiger partial charge on any atom is -0.457 e. The molecule has 0 amide bonds. The van der Waals surface area contributed by atoms with E-state index in [2.05, 4.69) is 94.2 Å². The van der Waals surface area contributed by atoms with Crippen molar-refractivity contribution in [3.05, 3.63) is 24.3 Å². The molecule has 226 valence electrons. The van der Waals surface area contributed by atoms with E-state index < -0.39 is 34.8 Å². The maximum atomic E-state index is 13.3. The number of ketones is 1. The average molecular weight is 583 g/mol. The van der Waals surface area contributed by atoms with Crippen LogP contribution in [0, 0.1) is 11.8 Å². The highest BCUT2D eigenvalue weighted by Crippen LogP contribution is 2.43. The van der Waals surface area contributed by atoms with Crippen molar-refractivity contribution >= 4 is 28.4 Å². The van der Waals surface area contributed by atoms with Crippen LogP contribution in [0.3, 0.4) is 0 Å². The van der Waals surface area contributed by atoms with Crippen LogP contribution in [0.2, 0.25) is 36.3 Å². The number of hydrogen-bond acceptors (Lipinski definition) is 6. The van der Waals surface area contributed by atoms with Crippen LogP contribution in [0.4, 0.5) is 0 Å². The number of Topliss-reactive ketones (excluding diaryl/α,β-unsaturated/α-hetero) is 1. The highest BCUT2D eigenvalue weighted by Gasteiger charge is 2.47. The normalized spacial score (nSPS) is 30.7. The Labute approximate surface area is 241 Å². The third-order valence-electron chi connectivity index (χ3n) is 9.19. The third kappa shape index (κ3) is 10.1. The molecule has 0 spiro atoms. The van der Waals surface area contributed by atoms with Crippen molar-refractivity contribution in [3.63, 3.8) is 0 Å². The van der Waals surface area contributed by atoms with Crippen LogP contribution in [-0.4, -0.2) is 59.9 Å². The number of ether oxygens (including phenoxy) is 2. The van der Waals surface area contributed by atoms with Crippen LogP contribution in [0.25, 0.3) is 0 Å². The van der Waals surface area contributed by atoms with Gasteiger partial charge in [-0.25, -0.2) is 0 Å². The van der Waals surface area contributed by atoms with E-state index in [9.17, 15) is 9.59 Å². The summed E-state index contributed by atoms with van der Waals surface area (Å²) in [6, 6.07) is 0. The molecule has 0 N–H and O–H groups in total. The van der Waals surface area contributed by atoms with Crippen molar-refractivity contribution in [2.45, 2.75) is 142 Å². The fourth-order valence-corrected chi connectivity index (χ4v) is 7.31. The van der Waals surface area contributed by atoms with Gasteiger partial charge in [0.05, 0.1) is 18.3 Å². The summed E-state index contributed by atoms with van der Waals surface area (Å²) in [5, 5.41) is -0.0341. The number of rotatable bonds is 6. The zero-order valence-corrected chi connectivity index (χ0v) is 29.4. The van der Waals surface area contributed by atoms with Gasteiger partial charge in [-0.05, 0) is 43.2 Å². The van der Waals surface area contributed by atoms with E-state index in [1.165, 1.54) is 0 Å². The van der Waals surface area contributed by atoms with Gasteiger partial charge in [-0.2, -0.15) is 0 Å². The maximum absolute atomic E-state index is 13.3. The van der Waals surface area contributed by atoms with Gasteiger partial charge in [0.1, 0.15) is 18.3 Å². The Morgan fingerprint density at radius 2 is 1.44 bits per heavy atom. The molecule has 0 aromatic carbocycles. The van der Waals surface area contributed by atoms with Gasteiger partial charge >= 0.3 is 5.97 Å². The Morgan fingerprint density at radius 1 is 0.923 bits per heavy atom. The second-order valence-electron chi connectivity index (χ2n) is 14.6. The third-order valence-corrected chi connectivity index (χ3v) is 18.2. The fraction of sp³-hybridized carbons (Fsp3) is 0.806. The van der Waals surface area contributed by atoms with Crippen LogP contribution in [0.1, 0.15) is 81.6 Å². The van der Waals surface area contributed by atoms with E-state index in [0.29, 0.717) is 6.42 Å². The first-order valence-corrected chi connectivity index (χ1v) is 20.3. The largest absolute Gasteiger partial charge is 0.457 e. The van der Waals surface area contributed by atoms with Gasteiger partial charge in [-0.3, -0.25) is 9.59 Å². The predicted molar refractivity (Wildman–Crippen MR) is 166 cm³/mol. The van der Waals surface area contributed by atoms with E-state index in [1.807, 2.05) is 6.92 Å². The average Bonchev–Trinajstić information content (AvgIpc) is 2.76. The monoisotopic (exact) mass is 582 g/mol. The minimum absolute atomic E-state index is 0.00634. The molecule has 0 saturated carbocycles. The molecule has 0 aliphatic carbocycles. The second-order valence-corrected chi connectivity index (χ2v) is 24.1. The molecule has 2 unspecified atom stereocenters. The first kappa shape index (κ1) is 36.0. The zero-order valence-electron chi connectivity index (χ0n) is 27.4. The topological polar surface area (TPSA) is 71.1 Å². The summed E-state index contributed by atoms with van der Waals surface area (Å²) in [6.45, 7) is 32.4. The van der Waals surface area contributed by atoms with Crippen molar-refractivity contribution in [3.8, 4) is 0 Å². The molecular weight excluding hydrogens is 525 g/mol. The quantitative estimate of drug-likeness (QED) is 0.137. The lowest BCUT2D eigenvalue weighted by Crippen LogP contribution is -2.53. The predicted octanol–water partition coefficient (Wildman–Crippen LogP) is 7.85. The van der Waals surface area contributed by atoms with Crippen LogP contribution in [0.15, 0.2) is 24.3 Å². The Kier molecular flexibility index (Phi) is 12.7. The van der Waals surface area contributed by atoms with Crippen LogP contribution in [-0.2, 0) is 27.9 Å². The molecule has 0 bridgehead atoms.